The lowest BCUT2D eigenvalue weighted by atomic mass is 10.2. The van der Waals surface area contributed by atoms with Crippen molar-refractivity contribution >= 4 is 17.4 Å². The van der Waals surface area contributed by atoms with Crippen LogP contribution in [0.3, 0.4) is 0 Å². The van der Waals surface area contributed by atoms with Gasteiger partial charge in [-0.15, -0.1) is 0 Å². The van der Waals surface area contributed by atoms with Gasteiger partial charge in [0, 0.05) is 32.4 Å². The summed E-state index contributed by atoms with van der Waals surface area (Å²) < 4.78 is 5.22. The third-order valence-electron chi connectivity index (χ3n) is 3.60. The van der Waals surface area contributed by atoms with Crippen molar-refractivity contribution in [1.29, 1.82) is 0 Å². The third-order valence-corrected chi connectivity index (χ3v) is 3.88. The molecule has 0 aliphatic heterocycles. The van der Waals surface area contributed by atoms with E-state index in [0.717, 1.165) is 24.5 Å². The van der Waals surface area contributed by atoms with E-state index in [9.17, 15) is 0 Å². The number of hydrogen-bond acceptors (Lipinski definition) is 4. The van der Waals surface area contributed by atoms with Gasteiger partial charge in [-0.05, 0) is 38.3 Å². The Morgan fingerprint density at radius 2 is 2.30 bits per heavy atom. The molecule has 1 fully saturated rings. The monoisotopic (exact) mass is 297 g/mol. The highest BCUT2D eigenvalue weighted by Gasteiger charge is 2.21. The highest BCUT2D eigenvalue weighted by Crippen LogP contribution is 2.26. The second-order valence-electron chi connectivity index (χ2n) is 5.39. The van der Waals surface area contributed by atoms with Gasteiger partial charge in [0.05, 0.1) is 17.7 Å². The van der Waals surface area contributed by atoms with Crippen LogP contribution in [0.25, 0.3) is 0 Å². The average molecular weight is 298 g/mol. The molecule has 20 heavy (non-hydrogen) atoms. The van der Waals surface area contributed by atoms with Crippen molar-refractivity contribution in [3.63, 3.8) is 0 Å². The molecule has 0 radical (unpaired) electrons. The molecular weight excluding hydrogens is 274 g/mol. The van der Waals surface area contributed by atoms with Gasteiger partial charge in [-0.1, -0.05) is 11.6 Å². The van der Waals surface area contributed by atoms with Gasteiger partial charge in [-0.2, -0.15) is 0 Å². The van der Waals surface area contributed by atoms with Crippen molar-refractivity contribution in [2.45, 2.75) is 45.3 Å². The van der Waals surface area contributed by atoms with Crippen LogP contribution < -0.4 is 10.2 Å². The van der Waals surface area contributed by atoms with Crippen molar-refractivity contribution in [3.05, 3.63) is 22.8 Å². The molecule has 1 atom stereocenters. The van der Waals surface area contributed by atoms with Crippen molar-refractivity contribution in [2.75, 3.05) is 25.2 Å². The first-order valence-electron chi connectivity index (χ1n) is 7.29. The lowest BCUT2D eigenvalue weighted by molar-refractivity contribution is 0.181. The summed E-state index contributed by atoms with van der Waals surface area (Å²) in [7, 11) is 1.71. The van der Waals surface area contributed by atoms with Crippen LogP contribution in [0.2, 0.25) is 5.02 Å². The van der Waals surface area contributed by atoms with Gasteiger partial charge < -0.3 is 15.0 Å². The van der Waals surface area contributed by atoms with E-state index in [4.69, 9.17) is 16.3 Å². The number of hydrogen-bond donors (Lipinski definition) is 1. The van der Waals surface area contributed by atoms with Crippen LogP contribution in [0, 0.1) is 0 Å². The third kappa shape index (κ3) is 4.08. The molecule has 1 unspecified atom stereocenters. The average Bonchev–Trinajstić information content (AvgIpc) is 3.24. The molecule has 1 saturated carbocycles. The second-order valence-corrected chi connectivity index (χ2v) is 5.80. The molecule has 0 aromatic carbocycles. The molecule has 4 nitrogen and oxygen atoms in total. The van der Waals surface area contributed by atoms with Gasteiger partial charge in [-0.25, -0.2) is 4.98 Å². The maximum atomic E-state index is 6.41. The van der Waals surface area contributed by atoms with Crippen LogP contribution in [0.15, 0.2) is 12.3 Å². The Morgan fingerprint density at radius 3 is 2.85 bits per heavy atom. The van der Waals surface area contributed by atoms with Crippen LogP contribution in [0.5, 0.6) is 0 Å². The van der Waals surface area contributed by atoms with Gasteiger partial charge >= 0.3 is 0 Å². The molecule has 2 rings (SSSR count). The predicted molar refractivity (Wildman–Crippen MR) is 83.5 cm³/mol. The molecule has 1 N–H and O–H groups in total. The van der Waals surface area contributed by atoms with Crippen LogP contribution in [0.1, 0.15) is 32.3 Å². The van der Waals surface area contributed by atoms with Crippen molar-refractivity contribution in [3.8, 4) is 0 Å². The summed E-state index contributed by atoms with van der Waals surface area (Å²) in [6.07, 6.45) is 4.49. The van der Waals surface area contributed by atoms with Crippen LogP contribution >= 0.6 is 11.6 Å². The van der Waals surface area contributed by atoms with E-state index >= 15 is 0 Å². The minimum Gasteiger partial charge on any atom is -0.383 e. The Morgan fingerprint density at radius 1 is 1.55 bits per heavy atom. The number of pyridine rings is 1. The Hall–Kier alpha value is -0.840. The normalized spacial score (nSPS) is 16.2. The maximum absolute atomic E-state index is 6.41. The van der Waals surface area contributed by atoms with Crippen molar-refractivity contribution in [2.24, 2.45) is 0 Å². The molecule has 0 bridgehead atoms. The smallest absolute Gasteiger partial charge is 0.147 e. The predicted octanol–water partition coefficient (Wildman–Crippen LogP) is 2.85. The molecule has 1 aromatic rings. The highest BCUT2D eigenvalue weighted by molar-refractivity contribution is 6.33. The molecule has 0 amide bonds. The lowest BCUT2D eigenvalue weighted by Gasteiger charge is -2.29. The minimum atomic E-state index is 0.255. The summed E-state index contributed by atoms with van der Waals surface area (Å²) in [5.74, 6) is 0.842. The molecule has 0 saturated heterocycles. The summed E-state index contributed by atoms with van der Waals surface area (Å²) >= 11 is 6.41. The lowest BCUT2D eigenvalue weighted by Crippen LogP contribution is -2.37. The molecule has 0 spiro atoms. The number of aromatic nitrogens is 1. The summed E-state index contributed by atoms with van der Waals surface area (Å²) in [4.78, 5) is 6.72. The number of rotatable bonds is 8. The number of methoxy groups -OCH3 is 1. The quantitative estimate of drug-likeness (QED) is 0.801. The van der Waals surface area contributed by atoms with Crippen LogP contribution in [-0.2, 0) is 11.3 Å². The van der Waals surface area contributed by atoms with E-state index in [1.165, 1.54) is 12.8 Å². The van der Waals surface area contributed by atoms with Crippen LogP contribution in [0.4, 0.5) is 5.82 Å². The van der Waals surface area contributed by atoms with Crippen molar-refractivity contribution in [1.82, 2.24) is 10.3 Å². The first-order chi connectivity index (χ1) is 9.65. The summed E-state index contributed by atoms with van der Waals surface area (Å²) in [6.45, 7) is 6.59. The molecule has 1 aliphatic carbocycles. The fourth-order valence-corrected chi connectivity index (χ4v) is 2.63. The summed E-state index contributed by atoms with van der Waals surface area (Å²) in [5, 5.41) is 4.19. The Balaban J connectivity index is 2.05. The number of anilines is 1. The SMILES string of the molecule is CCN(c1ncc(CNC2CC2)cc1Cl)C(C)COC. The molecule has 5 heteroatoms. The zero-order chi connectivity index (χ0) is 14.5. The molecule has 112 valence electrons. The van der Waals surface area contributed by atoms with Crippen LogP contribution in [-0.4, -0.2) is 37.3 Å². The number of nitrogens with one attached hydrogen (secondary N) is 1. The standard InChI is InChI=1S/C15H24ClN3O/c1-4-19(11(2)10-20-3)15-14(16)7-12(9-18-15)8-17-13-5-6-13/h7,9,11,13,17H,4-6,8,10H2,1-3H3. The number of ether oxygens (including phenoxy) is 1. The van der Waals surface area contributed by atoms with Gasteiger partial charge in [0.2, 0.25) is 0 Å². The number of likely N-dealkylation sites (N-methyl/N-ethyl adjacent to an activating group) is 1. The first-order valence-corrected chi connectivity index (χ1v) is 7.66. The Kier molecular flexibility index (Phi) is 5.64. The number of halogens is 1. The zero-order valence-corrected chi connectivity index (χ0v) is 13.3. The number of nitrogens with zero attached hydrogens (tertiary/aromatic N) is 2. The van der Waals surface area contributed by atoms with Crippen molar-refractivity contribution < 1.29 is 4.74 Å². The van der Waals surface area contributed by atoms with E-state index in [-0.39, 0.29) is 6.04 Å². The highest BCUT2D eigenvalue weighted by atomic mass is 35.5. The fourth-order valence-electron chi connectivity index (χ4n) is 2.33. The van der Waals surface area contributed by atoms with E-state index in [0.29, 0.717) is 17.7 Å². The summed E-state index contributed by atoms with van der Waals surface area (Å²) in [5.41, 5.74) is 1.14. The minimum absolute atomic E-state index is 0.255. The first kappa shape index (κ1) is 15.5. The topological polar surface area (TPSA) is 37.4 Å². The zero-order valence-electron chi connectivity index (χ0n) is 12.5. The maximum Gasteiger partial charge on any atom is 0.147 e. The Labute approximate surface area is 126 Å². The molecule has 1 heterocycles. The summed E-state index contributed by atoms with van der Waals surface area (Å²) in [6, 6.07) is 2.97. The second kappa shape index (κ2) is 7.25. The van der Waals surface area contributed by atoms with Gasteiger partial charge in [0.1, 0.15) is 5.82 Å². The van der Waals surface area contributed by atoms with E-state index in [1.54, 1.807) is 7.11 Å². The van der Waals surface area contributed by atoms with E-state index in [1.807, 2.05) is 12.3 Å². The van der Waals surface area contributed by atoms with E-state index < -0.39 is 0 Å². The largest absolute Gasteiger partial charge is 0.383 e. The van der Waals surface area contributed by atoms with E-state index in [2.05, 4.69) is 29.0 Å². The van der Waals surface area contributed by atoms with Gasteiger partial charge in [-0.3, -0.25) is 0 Å². The molecular formula is C15H24ClN3O. The molecule has 1 aromatic heterocycles. The van der Waals surface area contributed by atoms with Gasteiger partial charge in [0.25, 0.3) is 0 Å². The fraction of sp³-hybridized carbons (Fsp3) is 0.667. The molecule has 1 aliphatic rings. The Bertz CT molecular complexity index is 437. The van der Waals surface area contributed by atoms with Gasteiger partial charge in [0.15, 0.2) is 0 Å².